The van der Waals surface area contributed by atoms with Crippen LogP contribution in [0.3, 0.4) is 0 Å². The Kier molecular flexibility index (Phi) is 5.24. The number of benzene rings is 1. The SMILES string of the molecule is COc1cccc(Cc2nnc(NC(=O)C(C)CN)s2)c1. The molecule has 0 aliphatic rings. The molecule has 0 fully saturated rings. The number of carbonyl (C=O) groups is 1. The van der Waals surface area contributed by atoms with Crippen molar-refractivity contribution in [3.05, 3.63) is 34.8 Å². The van der Waals surface area contributed by atoms with Gasteiger partial charge in [0.2, 0.25) is 11.0 Å². The Hall–Kier alpha value is -1.99. The molecule has 3 N–H and O–H groups in total. The van der Waals surface area contributed by atoms with E-state index in [1.165, 1.54) is 11.3 Å². The van der Waals surface area contributed by atoms with Gasteiger partial charge in [0.25, 0.3) is 0 Å². The van der Waals surface area contributed by atoms with Crippen LogP contribution in [-0.4, -0.2) is 29.8 Å². The normalized spacial score (nSPS) is 12.0. The van der Waals surface area contributed by atoms with Gasteiger partial charge in [0.05, 0.1) is 7.11 Å². The summed E-state index contributed by atoms with van der Waals surface area (Å²) in [5.41, 5.74) is 6.54. The van der Waals surface area contributed by atoms with E-state index in [2.05, 4.69) is 15.5 Å². The summed E-state index contributed by atoms with van der Waals surface area (Å²) in [4.78, 5) is 11.7. The maximum atomic E-state index is 11.7. The molecule has 1 unspecified atom stereocenters. The highest BCUT2D eigenvalue weighted by molar-refractivity contribution is 7.15. The fourth-order valence-corrected chi connectivity index (χ4v) is 2.45. The van der Waals surface area contributed by atoms with Gasteiger partial charge < -0.3 is 15.8 Å². The average molecular weight is 306 g/mol. The number of nitrogens with one attached hydrogen (secondary N) is 1. The third-order valence-corrected chi connectivity index (χ3v) is 3.83. The first-order valence-corrected chi connectivity index (χ1v) is 7.40. The van der Waals surface area contributed by atoms with Crippen molar-refractivity contribution in [2.75, 3.05) is 19.0 Å². The lowest BCUT2D eigenvalue weighted by atomic mass is 10.1. The summed E-state index contributed by atoms with van der Waals surface area (Å²) in [6, 6.07) is 7.78. The average Bonchev–Trinajstić information content (AvgIpc) is 2.93. The summed E-state index contributed by atoms with van der Waals surface area (Å²) in [7, 11) is 1.64. The Balaban J connectivity index is 2.01. The third kappa shape index (κ3) is 4.24. The van der Waals surface area contributed by atoms with Crippen molar-refractivity contribution in [2.45, 2.75) is 13.3 Å². The molecule has 0 bridgehead atoms. The maximum Gasteiger partial charge on any atom is 0.230 e. The minimum Gasteiger partial charge on any atom is -0.497 e. The predicted octanol–water partition coefficient (Wildman–Crippen LogP) is 1.67. The summed E-state index contributed by atoms with van der Waals surface area (Å²) < 4.78 is 5.19. The molecule has 0 aliphatic heterocycles. The van der Waals surface area contributed by atoms with Gasteiger partial charge >= 0.3 is 0 Å². The maximum absolute atomic E-state index is 11.7. The zero-order valence-corrected chi connectivity index (χ0v) is 12.8. The number of nitrogens with two attached hydrogens (primary N) is 1. The zero-order valence-electron chi connectivity index (χ0n) is 12.0. The molecule has 0 radical (unpaired) electrons. The number of rotatable bonds is 6. The lowest BCUT2D eigenvalue weighted by Gasteiger charge is -2.06. The Morgan fingerprint density at radius 2 is 2.29 bits per heavy atom. The number of hydrogen-bond donors (Lipinski definition) is 2. The van der Waals surface area contributed by atoms with Crippen LogP contribution in [0, 0.1) is 5.92 Å². The van der Waals surface area contributed by atoms with E-state index in [-0.39, 0.29) is 11.8 Å². The molecule has 1 heterocycles. The van der Waals surface area contributed by atoms with Gasteiger partial charge in [-0.15, -0.1) is 10.2 Å². The van der Waals surface area contributed by atoms with Crippen molar-refractivity contribution in [3.63, 3.8) is 0 Å². The number of methoxy groups -OCH3 is 1. The van der Waals surface area contributed by atoms with Crippen molar-refractivity contribution in [1.82, 2.24) is 10.2 Å². The summed E-state index contributed by atoms with van der Waals surface area (Å²) in [6.07, 6.45) is 0.650. The van der Waals surface area contributed by atoms with E-state index in [4.69, 9.17) is 10.5 Å². The van der Waals surface area contributed by atoms with Crippen LogP contribution in [0.4, 0.5) is 5.13 Å². The van der Waals surface area contributed by atoms with Crippen LogP contribution in [0.15, 0.2) is 24.3 Å². The zero-order chi connectivity index (χ0) is 15.2. The van der Waals surface area contributed by atoms with Crippen LogP contribution in [0.2, 0.25) is 0 Å². The smallest absolute Gasteiger partial charge is 0.230 e. The Morgan fingerprint density at radius 3 is 3.00 bits per heavy atom. The van der Waals surface area contributed by atoms with Crippen LogP contribution >= 0.6 is 11.3 Å². The largest absolute Gasteiger partial charge is 0.497 e. The third-order valence-electron chi connectivity index (χ3n) is 2.99. The van der Waals surface area contributed by atoms with Crippen LogP contribution < -0.4 is 15.8 Å². The van der Waals surface area contributed by atoms with Gasteiger partial charge in [-0.3, -0.25) is 4.79 Å². The number of hydrogen-bond acceptors (Lipinski definition) is 6. The van der Waals surface area contributed by atoms with Crippen molar-refractivity contribution < 1.29 is 9.53 Å². The van der Waals surface area contributed by atoms with Crippen LogP contribution in [0.1, 0.15) is 17.5 Å². The van der Waals surface area contributed by atoms with Gasteiger partial charge in [-0.05, 0) is 17.7 Å². The number of aromatic nitrogens is 2. The quantitative estimate of drug-likeness (QED) is 0.847. The van der Waals surface area contributed by atoms with Gasteiger partial charge in [-0.1, -0.05) is 30.4 Å². The monoisotopic (exact) mass is 306 g/mol. The Bertz CT molecular complexity index is 615. The lowest BCUT2D eigenvalue weighted by Crippen LogP contribution is -2.26. The fraction of sp³-hybridized carbons (Fsp3) is 0.357. The van der Waals surface area contributed by atoms with Crippen molar-refractivity contribution in [1.29, 1.82) is 0 Å². The molecule has 0 spiro atoms. The van der Waals surface area contributed by atoms with Crippen molar-refractivity contribution in [3.8, 4) is 5.75 Å². The predicted molar refractivity (Wildman–Crippen MR) is 82.6 cm³/mol. The molecule has 6 nitrogen and oxygen atoms in total. The highest BCUT2D eigenvalue weighted by Gasteiger charge is 2.13. The van der Waals surface area contributed by atoms with Gasteiger partial charge in [0, 0.05) is 18.9 Å². The summed E-state index contributed by atoms with van der Waals surface area (Å²) >= 11 is 1.36. The lowest BCUT2D eigenvalue weighted by molar-refractivity contribution is -0.119. The number of nitrogens with zero attached hydrogens (tertiary/aromatic N) is 2. The molecule has 1 atom stereocenters. The van der Waals surface area contributed by atoms with E-state index in [1.54, 1.807) is 14.0 Å². The Labute approximate surface area is 127 Å². The topological polar surface area (TPSA) is 90.1 Å². The standard InChI is InChI=1S/C14H18N4O2S/c1-9(8-15)13(19)16-14-18-17-12(21-14)7-10-4-3-5-11(6-10)20-2/h3-6,9H,7-8,15H2,1-2H3,(H,16,18,19). The van der Waals surface area contributed by atoms with Crippen LogP contribution in [0.5, 0.6) is 5.75 Å². The summed E-state index contributed by atoms with van der Waals surface area (Å²) in [5.74, 6) is 0.430. The Morgan fingerprint density at radius 1 is 1.48 bits per heavy atom. The van der Waals surface area contributed by atoms with Gasteiger partial charge in [-0.2, -0.15) is 0 Å². The fourth-order valence-electron chi connectivity index (χ4n) is 1.67. The number of anilines is 1. The molecule has 2 aromatic rings. The highest BCUT2D eigenvalue weighted by atomic mass is 32.1. The van der Waals surface area contributed by atoms with E-state index in [0.717, 1.165) is 16.3 Å². The molecular formula is C14H18N4O2S. The molecule has 1 amide bonds. The molecule has 1 aromatic carbocycles. The first-order chi connectivity index (χ1) is 10.1. The number of ether oxygens (including phenoxy) is 1. The first kappa shape index (κ1) is 15.4. The number of carbonyl (C=O) groups excluding carboxylic acids is 1. The molecule has 2 rings (SSSR count). The first-order valence-electron chi connectivity index (χ1n) is 6.58. The molecule has 0 saturated carbocycles. The minimum atomic E-state index is -0.240. The molecule has 112 valence electrons. The second-order valence-corrected chi connectivity index (χ2v) is 5.72. The molecule has 1 aromatic heterocycles. The molecule has 0 aliphatic carbocycles. The number of amides is 1. The summed E-state index contributed by atoms with van der Waals surface area (Å²) in [5, 5.41) is 12.1. The van der Waals surface area contributed by atoms with Gasteiger partial charge in [-0.25, -0.2) is 0 Å². The molecule has 7 heteroatoms. The van der Waals surface area contributed by atoms with Gasteiger partial charge in [0.1, 0.15) is 10.8 Å². The van der Waals surface area contributed by atoms with Crippen molar-refractivity contribution in [2.24, 2.45) is 11.7 Å². The van der Waals surface area contributed by atoms with E-state index < -0.39 is 0 Å². The molecule has 21 heavy (non-hydrogen) atoms. The van der Waals surface area contributed by atoms with E-state index >= 15 is 0 Å². The second-order valence-electron chi connectivity index (χ2n) is 4.66. The van der Waals surface area contributed by atoms with E-state index in [9.17, 15) is 4.79 Å². The minimum absolute atomic E-state index is 0.137. The summed E-state index contributed by atoms with van der Waals surface area (Å²) in [6.45, 7) is 2.08. The molecular weight excluding hydrogens is 288 g/mol. The molecule has 0 saturated heterocycles. The second kappa shape index (κ2) is 7.14. The van der Waals surface area contributed by atoms with Crippen molar-refractivity contribution >= 4 is 22.4 Å². The van der Waals surface area contributed by atoms with Gasteiger partial charge in [0.15, 0.2) is 0 Å². The highest BCUT2D eigenvalue weighted by Crippen LogP contribution is 2.21. The van der Waals surface area contributed by atoms with Crippen LogP contribution in [-0.2, 0) is 11.2 Å². The van der Waals surface area contributed by atoms with E-state index in [0.29, 0.717) is 18.1 Å². The van der Waals surface area contributed by atoms with E-state index in [1.807, 2.05) is 24.3 Å². The van der Waals surface area contributed by atoms with Crippen LogP contribution in [0.25, 0.3) is 0 Å².